The lowest BCUT2D eigenvalue weighted by Gasteiger charge is -2.38. The number of hydrogen-bond donors (Lipinski definition) is 1. The van der Waals surface area contributed by atoms with E-state index in [1.165, 1.54) is 0 Å². The van der Waals surface area contributed by atoms with Crippen LogP contribution in [0.3, 0.4) is 0 Å². The van der Waals surface area contributed by atoms with Gasteiger partial charge in [0, 0.05) is 32.2 Å². The first kappa shape index (κ1) is 24.7. The standard InChI is InChI=1S/C27H34ClN3O3/c1-19-16-30(17-20(2)34-19)18-22-11-8-14-31(22)26(32)15-25(21-9-4-3-5-10-21)29-27(33)23-12-6-7-13-24(23)28/h3-7,9-10,12-13,19-20,22,25H,8,11,14-18H2,1-2H3,(H,29,33). The molecule has 1 N–H and O–H groups in total. The molecule has 2 aliphatic rings. The smallest absolute Gasteiger partial charge is 0.253 e. The van der Waals surface area contributed by atoms with Crippen molar-refractivity contribution in [2.75, 3.05) is 26.2 Å². The monoisotopic (exact) mass is 483 g/mol. The van der Waals surface area contributed by atoms with Crippen molar-refractivity contribution in [1.29, 1.82) is 0 Å². The maximum absolute atomic E-state index is 13.5. The number of nitrogens with one attached hydrogen (secondary N) is 1. The SMILES string of the molecule is CC1CN(CC2CCCN2C(=O)CC(NC(=O)c2ccccc2Cl)c2ccccc2)CC(C)O1. The lowest BCUT2D eigenvalue weighted by molar-refractivity contribution is -0.133. The maximum atomic E-state index is 13.5. The van der Waals surface area contributed by atoms with Crippen LogP contribution in [0.1, 0.15) is 55.1 Å². The largest absolute Gasteiger partial charge is 0.373 e. The van der Waals surface area contributed by atoms with Gasteiger partial charge in [-0.3, -0.25) is 14.5 Å². The molecule has 7 heteroatoms. The lowest BCUT2D eigenvalue weighted by atomic mass is 10.0. The van der Waals surface area contributed by atoms with Gasteiger partial charge in [-0.05, 0) is 44.4 Å². The van der Waals surface area contributed by atoms with Crippen LogP contribution in [0.4, 0.5) is 0 Å². The quantitative estimate of drug-likeness (QED) is 0.637. The molecule has 2 aromatic carbocycles. The van der Waals surface area contributed by atoms with Crippen LogP contribution in [0.5, 0.6) is 0 Å². The molecule has 2 aliphatic heterocycles. The molecule has 0 aromatic heterocycles. The van der Waals surface area contributed by atoms with Crippen molar-refractivity contribution in [1.82, 2.24) is 15.1 Å². The molecule has 4 rings (SSSR count). The highest BCUT2D eigenvalue weighted by atomic mass is 35.5. The van der Waals surface area contributed by atoms with E-state index in [2.05, 4.69) is 24.1 Å². The van der Waals surface area contributed by atoms with Crippen LogP contribution < -0.4 is 5.32 Å². The zero-order valence-electron chi connectivity index (χ0n) is 20.0. The molecule has 0 saturated carbocycles. The molecule has 2 saturated heterocycles. The zero-order chi connectivity index (χ0) is 24.1. The average Bonchev–Trinajstić information content (AvgIpc) is 3.27. The summed E-state index contributed by atoms with van der Waals surface area (Å²) in [6.45, 7) is 7.62. The van der Waals surface area contributed by atoms with Crippen LogP contribution in [0.2, 0.25) is 5.02 Å². The van der Waals surface area contributed by atoms with Gasteiger partial charge >= 0.3 is 0 Å². The van der Waals surface area contributed by atoms with E-state index in [0.717, 1.165) is 44.6 Å². The summed E-state index contributed by atoms with van der Waals surface area (Å²) in [4.78, 5) is 30.9. The molecule has 2 fully saturated rings. The molecule has 6 nitrogen and oxygen atoms in total. The third kappa shape index (κ3) is 6.17. The van der Waals surface area contributed by atoms with Crippen LogP contribution in [-0.2, 0) is 9.53 Å². The van der Waals surface area contributed by atoms with Gasteiger partial charge in [-0.25, -0.2) is 0 Å². The number of carbonyl (C=O) groups excluding carboxylic acids is 2. The van der Waals surface area contributed by atoms with E-state index in [1.807, 2.05) is 35.2 Å². The second-order valence-corrected chi connectivity index (χ2v) is 9.89. The Morgan fingerprint density at radius 2 is 1.74 bits per heavy atom. The lowest BCUT2D eigenvalue weighted by Crippen LogP contribution is -2.51. The van der Waals surface area contributed by atoms with Crippen LogP contribution in [0.15, 0.2) is 54.6 Å². The predicted molar refractivity (Wildman–Crippen MR) is 134 cm³/mol. The molecule has 2 heterocycles. The molecule has 4 unspecified atom stereocenters. The molecule has 4 atom stereocenters. The maximum Gasteiger partial charge on any atom is 0.253 e. The summed E-state index contributed by atoms with van der Waals surface area (Å²) in [5.74, 6) is -0.202. The third-order valence-electron chi connectivity index (χ3n) is 6.67. The Morgan fingerprint density at radius 1 is 1.06 bits per heavy atom. The normalized spacial score (nSPS) is 24.1. The molecule has 34 heavy (non-hydrogen) atoms. The number of carbonyl (C=O) groups is 2. The Hall–Kier alpha value is -2.41. The first-order chi connectivity index (χ1) is 16.4. The highest BCUT2D eigenvalue weighted by Crippen LogP contribution is 2.26. The van der Waals surface area contributed by atoms with Gasteiger partial charge < -0.3 is 15.0 Å². The molecule has 0 radical (unpaired) electrons. The number of hydrogen-bond acceptors (Lipinski definition) is 4. The number of rotatable bonds is 7. The van der Waals surface area contributed by atoms with Gasteiger partial charge in [0.05, 0.1) is 35.3 Å². The van der Waals surface area contributed by atoms with Crippen molar-refractivity contribution >= 4 is 23.4 Å². The number of morpholine rings is 1. The van der Waals surface area contributed by atoms with Gasteiger partial charge in [-0.2, -0.15) is 0 Å². The van der Waals surface area contributed by atoms with Crippen LogP contribution >= 0.6 is 11.6 Å². The van der Waals surface area contributed by atoms with Gasteiger partial charge in [0.1, 0.15) is 0 Å². The Bertz CT molecular complexity index is 976. The van der Waals surface area contributed by atoms with Gasteiger partial charge in [0.15, 0.2) is 0 Å². The van der Waals surface area contributed by atoms with E-state index in [9.17, 15) is 9.59 Å². The van der Waals surface area contributed by atoms with E-state index >= 15 is 0 Å². The second-order valence-electron chi connectivity index (χ2n) is 9.48. The molecular formula is C27H34ClN3O3. The molecule has 2 aromatic rings. The molecular weight excluding hydrogens is 450 g/mol. The van der Waals surface area contributed by atoms with E-state index in [4.69, 9.17) is 16.3 Å². The third-order valence-corrected chi connectivity index (χ3v) is 7.00. The van der Waals surface area contributed by atoms with Gasteiger partial charge in [0.2, 0.25) is 5.91 Å². The molecule has 182 valence electrons. The van der Waals surface area contributed by atoms with Crippen LogP contribution in [0, 0.1) is 0 Å². The average molecular weight is 484 g/mol. The topological polar surface area (TPSA) is 61.9 Å². The first-order valence-electron chi connectivity index (χ1n) is 12.2. The molecule has 0 spiro atoms. The summed E-state index contributed by atoms with van der Waals surface area (Å²) < 4.78 is 5.87. The highest BCUT2D eigenvalue weighted by molar-refractivity contribution is 6.33. The summed E-state index contributed by atoms with van der Waals surface area (Å²) in [7, 11) is 0. The number of halogens is 1. The summed E-state index contributed by atoms with van der Waals surface area (Å²) in [6, 6.07) is 16.4. The molecule has 0 bridgehead atoms. The van der Waals surface area contributed by atoms with Gasteiger partial charge in [-0.1, -0.05) is 54.1 Å². The van der Waals surface area contributed by atoms with E-state index in [0.29, 0.717) is 10.6 Å². The first-order valence-corrected chi connectivity index (χ1v) is 12.6. The Labute approximate surface area is 207 Å². The molecule has 2 amide bonds. The second kappa shape index (κ2) is 11.3. The van der Waals surface area contributed by atoms with Crippen molar-refractivity contribution in [3.8, 4) is 0 Å². The number of likely N-dealkylation sites (tertiary alicyclic amines) is 1. The minimum absolute atomic E-state index is 0.0742. The highest BCUT2D eigenvalue weighted by Gasteiger charge is 2.33. The van der Waals surface area contributed by atoms with Crippen molar-refractivity contribution in [2.45, 2.75) is 57.4 Å². The van der Waals surface area contributed by atoms with Crippen molar-refractivity contribution in [3.63, 3.8) is 0 Å². The predicted octanol–water partition coefficient (Wildman–Crippen LogP) is 4.30. The minimum atomic E-state index is -0.429. The van der Waals surface area contributed by atoms with Crippen molar-refractivity contribution in [3.05, 3.63) is 70.7 Å². The minimum Gasteiger partial charge on any atom is -0.373 e. The fourth-order valence-corrected chi connectivity index (χ4v) is 5.42. The number of amides is 2. The summed E-state index contributed by atoms with van der Waals surface area (Å²) in [5.41, 5.74) is 1.31. The van der Waals surface area contributed by atoms with Crippen molar-refractivity contribution in [2.24, 2.45) is 0 Å². The van der Waals surface area contributed by atoms with E-state index < -0.39 is 6.04 Å². The van der Waals surface area contributed by atoms with Crippen molar-refractivity contribution < 1.29 is 14.3 Å². The Morgan fingerprint density at radius 3 is 2.44 bits per heavy atom. The zero-order valence-corrected chi connectivity index (χ0v) is 20.7. The number of nitrogens with zero attached hydrogens (tertiary/aromatic N) is 2. The van der Waals surface area contributed by atoms with E-state index in [-0.39, 0.29) is 36.5 Å². The van der Waals surface area contributed by atoms with Crippen LogP contribution in [-0.4, -0.2) is 66.0 Å². The Kier molecular flexibility index (Phi) is 8.24. The summed E-state index contributed by atoms with van der Waals surface area (Å²) in [5, 5.41) is 3.45. The van der Waals surface area contributed by atoms with Gasteiger partial charge in [0.25, 0.3) is 5.91 Å². The number of benzene rings is 2. The Balaban J connectivity index is 1.45. The van der Waals surface area contributed by atoms with E-state index in [1.54, 1.807) is 24.3 Å². The number of ether oxygens (including phenoxy) is 1. The summed E-state index contributed by atoms with van der Waals surface area (Å²) in [6.07, 6.45) is 2.64. The van der Waals surface area contributed by atoms with Crippen LogP contribution in [0.25, 0.3) is 0 Å². The fourth-order valence-electron chi connectivity index (χ4n) is 5.20. The molecule has 0 aliphatic carbocycles. The summed E-state index contributed by atoms with van der Waals surface area (Å²) >= 11 is 6.24. The fraction of sp³-hybridized carbons (Fsp3) is 0.481. The van der Waals surface area contributed by atoms with Gasteiger partial charge in [-0.15, -0.1) is 0 Å².